The fourth-order valence-electron chi connectivity index (χ4n) is 2.80. The zero-order chi connectivity index (χ0) is 19.1. The van der Waals surface area contributed by atoms with Crippen molar-refractivity contribution < 1.29 is 21.6 Å². The molecule has 1 unspecified atom stereocenters. The molecule has 3 rings (SSSR count). The molecular weight excluding hydrogens is 400 g/mol. The van der Waals surface area contributed by atoms with Gasteiger partial charge in [-0.05, 0) is 31.0 Å². The highest BCUT2D eigenvalue weighted by molar-refractivity contribution is 7.89. The average molecular weight is 419 g/mol. The van der Waals surface area contributed by atoms with Crippen molar-refractivity contribution in [3.8, 4) is 0 Å². The number of piperidine rings is 1. The third-order valence-electron chi connectivity index (χ3n) is 4.14. The molecule has 3 N–H and O–H groups in total. The summed E-state index contributed by atoms with van der Waals surface area (Å²) in [5.74, 6) is -0.755. The first kappa shape index (κ1) is 19.2. The number of sulfonamides is 2. The van der Waals surface area contributed by atoms with E-state index in [1.165, 1.54) is 22.5 Å². The lowest BCUT2D eigenvalue weighted by Crippen LogP contribution is -2.43. The van der Waals surface area contributed by atoms with Crippen molar-refractivity contribution in [3.63, 3.8) is 0 Å². The lowest BCUT2D eigenvalue weighted by molar-refractivity contribution is -0.120. The number of nitrogens with one attached hydrogen (secondary N) is 1. The fourth-order valence-corrected chi connectivity index (χ4v) is 5.23. The van der Waals surface area contributed by atoms with E-state index in [4.69, 9.17) is 5.14 Å². The van der Waals surface area contributed by atoms with Gasteiger partial charge < -0.3 is 5.32 Å². The third-order valence-corrected chi connectivity index (χ3v) is 7.26. The zero-order valence-electron chi connectivity index (χ0n) is 13.9. The number of primary sulfonamides is 1. The quantitative estimate of drug-likeness (QED) is 0.743. The van der Waals surface area contributed by atoms with Gasteiger partial charge in [-0.1, -0.05) is 11.3 Å². The predicted octanol–water partition coefficient (Wildman–Crippen LogP) is 0.554. The van der Waals surface area contributed by atoms with Gasteiger partial charge in [-0.3, -0.25) is 4.79 Å². The van der Waals surface area contributed by atoms with Crippen molar-refractivity contribution in [2.75, 3.05) is 24.7 Å². The van der Waals surface area contributed by atoms with Gasteiger partial charge in [0.05, 0.1) is 27.3 Å². The Morgan fingerprint density at radius 2 is 2.08 bits per heavy atom. The summed E-state index contributed by atoms with van der Waals surface area (Å²) >= 11 is 1.13. The highest BCUT2D eigenvalue weighted by Gasteiger charge is 2.30. The van der Waals surface area contributed by atoms with Crippen LogP contribution in [0.5, 0.6) is 0 Å². The lowest BCUT2D eigenvalue weighted by Gasteiger charge is -2.29. The summed E-state index contributed by atoms with van der Waals surface area (Å²) in [5, 5.41) is 8.14. The molecule has 0 radical (unpaired) electrons. The summed E-state index contributed by atoms with van der Waals surface area (Å²) in [6.45, 7) is 0.561. The monoisotopic (exact) mass is 418 g/mol. The van der Waals surface area contributed by atoms with Crippen LogP contribution < -0.4 is 10.5 Å². The normalized spacial score (nSPS) is 19.5. The number of aromatic nitrogens is 1. The molecule has 1 aliphatic rings. The van der Waals surface area contributed by atoms with Crippen LogP contribution in [-0.4, -0.2) is 51.4 Å². The number of anilines is 1. The SMILES string of the molecule is CS(=O)(=O)N1CCCC(C(=O)Nc2nc3ccc(S(N)(=O)=O)cc3s2)C1. The van der Waals surface area contributed by atoms with Crippen LogP contribution in [0, 0.1) is 5.92 Å². The van der Waals surface area contributed by atoms with Crippen LogP contribution in [-0.2, 0) is 24.8 Å². The first-order valence-corrected chi connectivity index (χ1v) is 11.9. The maximum absolute atomic E-state index is 12.5. The number of thiazole rings is 1. The van der Waals surface area contributed by atoms with E-state index in [9.17, 15) is 21.6 Å². The highest BCUT2D eigenvalue weighted by Crippen LogP contribution is 2.29. The second-order valence-electron chi connectivity index (χ2n) is 6.14. The molecule has 26 heavy (non-hydrogen) atoms. The van der Waals surface area contributed by atoms with Gasteiger partial charge >= 0.3 is 0 Å². The van der Waals surface area contributed by atoms with Gasteiger partial charge in [0.2, 0.25) is 26.0 Å². The molecule has 1 amide bonds. The number of hydrogen-bond acceptors (Lipinski definition) is 7. The van der Waals surface area contributed by atoms with Crippen LogP contribution in [0.4, 0.5) is 5.13 Å². The molecule has 0 saturated carbocycles. The van der Waals surface area contributed by atoms with E-state index in [0.29, 0.717) is 34.7 Å². The maximum Gasteiger partial charge on any atom is 0.238 e. The number of carbonyl (C=O) groups is 1. The maximum atomic E-state index is 12.5. The Labute approximate surface area is 155 Å². The summed E-state index contributed by atoms with van der Waals surface area (Å²) < 4.78 is 48.1. The minimum absolute atomic E-state index is 0.0254. The number of nitrogens with zero attached hydrogens (tertiary/aromatic N) is 2. The van der Waals surface area contributed by atoms with Crippen LogP contribution in [0.2, 0.25) is 0 Å². The molecule has 1 saturated heterocycles. The molecular formula is C14H18N4O5S3. The summed E-state index contributed by atoms with van der Waals surface area (Å²) in [6, 6.07) is 4.28. The third kappa shape index (κ3) is 4.20. The number of fused-ring (bicyclic) bond motifs is 1. The fraction of sp³-hybridized carbons (Fsp3) is 0.429. The molecule has 0 bridgehead atoms. The summed E-state index contributed by atoms with van der Waals surface area (Å²) in [4.78, 5) is 16.7. The Morgan fingerprint density at radius 1 is 1.35 bits per heavy atom. The molecule has 9 nitrogen and oxygen atoms in total. The molecule has 1 aromatic carbocycles. The van der Waals surface area contributed by atoms with Crippen molar-refractivity contribution in [2.24, 2.45) is 11.1 Å². The molecule has 12 heteroatoms. The minimum atomic E-state index is -3.82. The topological polar surface area (TPSA) is 140 Å². The first-order valence-electron chi connectivity index (χ1n) is 7.73. The molecule has 1 fully saturated rings. The van der Waals surface area contributed by atoms with E-state index in [-0.39, 0.29) is 17.3 Å². The van der Waals surface area contributed by atoms with E-state index in [2.05, 4.69) is 10.3 Å². The molecule has 2 aromatic rings. The van der Waals surface area contributed by atoms with Crippen LogP contribution in [0.3, 0.4) is 0 Å². The van der Waals surface area contributed by atoms with Crippen LogP contribution >= 0.6 is 11.3 Å². The van der Waals surface area contributed by atoms with Gasteiger partial charge in [0, 0.05) is 13.1 Å². The smallest absolute Gasteiger partial charge is 0.238 e. The number of amides is 1. The minimum Gasteiger partial charge on any atom is -0.302 e. The van der Waals surface area contributed by atoms with Gasteiger partial charge in [-0.15, -0.1) is 0 Å². The Bertz CT molecular complexity index is 1060. The Balaban J connectivity index is 1.77. The van der Waals surface area contributed by atoms with E-state index in [0.717, 1.165) is 17.6 Å². The zero-order valence-corrected chi connectivity index (χ0v) is 16.3. The molecule has 1 atom stereocenters. The number of nitrogens with two attached hydrogens (primary N) is 1. The Kier molecular flexibility index (Phi) is 5.05. The molecule has 2 heterocycles. The van der Waals surface area contributed by atoms with E-state index in [1.54, 1.807) is 0 Å². The Hall–Kier alpha value is -1.60. The molecule has 1 aromatic heterocycles. The van der Waals surface area contributed by atoms with Gasteiger partial charge in [0.1, 0.15) is 0 Å². The van der Waals surface area contributed by atoms with Crippen LogP contribution in [0.15, 0.2) is 23.1 Å². The molecule has 0 spiro atoms. The average Bonchev–Trinajstić information content (AvgIpc) is 2.94. The molecule has 0 aliphatic carbocycles. The van der Waals surface area contributed by atoms with Gasteiger partial charge in [-0.2, -0.15) is 0 Å². The number of hydrogen-bond donors (Lipinski definition) is 2. The van der Waals surface area contributed by atoms with Crippen LogP contribution in [0.25, 0.3) is 10.2 Å². The number of benzene rings is 1. The first-order chi connectivity index (χ1) is 12.0. The van der Waals surface area contributed by atoms with Gasteiger partial charge in [0.15, 0.2) is 5.13 Å². The van der Waals surface area contributed by atoms with Gasteiger partial charge in [-0.25, -0.2) is 31.3 Å². The number of carbonyl (C=O) groups excluding carboxylic acids is 1. The van der Waals surface area contributed by atoms with Gasteiger partial charge in [0.25, 0.3) is 0 Å². The van der Waals surface area contributed by atoms with Crippen molar-refractivity contribution in [2.45, 2.75) is 17.7 Å². The van der Waals surface area contributed by atoms with Crippen molar-refractivity contribution in [1.82, 2.24) is 9.29 Å². The van der Waals surface area contributed by atoms with Crippen molar-refractivity contribution in [3.05, 3.63) is 18.2 Å². The summed E-state index contributed by atoms with van der Waals surface area (Å²) in [6.07, 6.45) is 2.34. The second kappa shape index (κ2) is 6.85. The molecule has 1 aliphatic heterocycles. The van der Waals surface area contributed by atoms with Crippen LogP contribution in [0.1, 0.15) is 12.8 Å². The van der Waals surface area contributed by atoms with E-state index in [1.807, 2.05) is 0 Å². The Morgan fingerprint density at radius 3 is 2.73 bits per heavy atom. The summed E-state index contributed by atoms with van der Waals surface area (Å²) in [7, 11) is -7.15. The lowest BCUT2D eigenvalue weighted by atomic mass is 9.99. The highest BCUT2D eigenvalue weighted by atomic mass is 32.2. The van der Waals surface area contributed by atoms with E-state index < -0.39 is 26.0 Å². The standard InChI is InChI=1S/C14H18N4O5S3/c1-25(20,21)18-6-2-3-9(8-18)13(19)17-14-16-11-5-4-10(26(15,22)23)7-12(11)24-14/h4-5,7,9H,2-3,6,8H2,1H3,(H2,15,22,23)(H,16,17,19). The largest absolute Gasteiger partial charge is 0.302 e. The van der Waals surface area contributed by atoms with Crippen molar-refractivity contribution >= 4 is 52.6 Å². The number of rotatable bonds is 4. The summed E-state index contributed by atoms with van der Waals surface area (Å²) in [5.41, 5.74) is 0.541. The van der Waals surface area contributed by atoms with E-state index >= 15 is 0 Å². The second-order valence-corrected chi connectivity index (χ2v) is 10.7. The predicted molar refractivity (Wildman–Crippen MR) is 98.8 cm³/mol. The molecule has 142 valence electrons. The van der Waals surface area contributed by atoms with Crippen molar-refractivity contribution in [1.29, 1.82) is 0 Å².